The van der Waals surface area contributed by atoms with E-state index < -0.39 is 0 Å². The summed E-state index contributed by atoms with van der Waals surface area (Å²) in [5.74, 6) is 0.295. The van der Waals surface area contributed by atoms with Gasteiger partial charge in [-0.3, -0.25) is 9.59 Å². The molecule has 2 N–H and O–H groups in total. The lowest BCUT2D eigenvalue weighted by atomic mass is 10.1. The molecule has 5 nitrogen and oxygen atoms in total. The molecular formula is C25H27N3O2S. The van der Waals surface area contributed by atoms with Crippen LogP contribution >= 0.6 is 11.3 Å². The highest BCUT2D eigenvalue weighted by molar-refractivity contribution is 7.13. The first-order chi connectivity index (χ1) is 15.0. The van der Waals surface area contributed by atoms with Gasteiger partial charge in [0.05, 0.1) is 5.69 Å². The van der Waals surface area contributed by atoms with Crippen LogP contribution in [0.2, 0.25) is 0 Å². The predicted molar refractivity (Wildman–Crippen MR) is 127 cm³/mol. The molecule has 2 amide bonds. The zero-order valence-electron chi connectivity index (χ0n) is 17.8. The van der Waals surface area contributed by atoms with E-state index in [0.717, 1.165) is 28.2 Å². The van der Waals surface area contributed by atoms with Crippen LogP contribution in [0.25, 0.3) is 16.6 Å². The number of amides is 2. The highest BCUT2D eigenvalue weighted by atomic mass is 32.1. The van der Waals surface area contributed by atoms with E-state index in [1.54, 1.807) is 29.5 Å². The van der Waals surface area contributed by atoms with Crippen molar-refractivity contribution in [3.8, 4) is 10.6 Å². The summed E-state index contributed by atoms with van der Waals surface area (Å²) in [6, 6.07) is 17.2. The van der Waals surface area contributed by atoms with Crippen LogP contribution in [-0.2, 0) is 11.3 Å². The first-order valence-corrected chi connectivity index (χ1v) is 11.2. The van der Waals surface area contributed by atoms with E-state index in [-0.39, 0.29) is 11.8 Å². The van der Waals surface area contributed by atoms with Crippen molar-refractivity contribution < 1.29 is 9.59 Å². The third-order valence-electron chi connectivity index (χ3n) is 4.64. The van der Waals surface area contributed by atoms with E-state index in [0.29, 0.717) is 24.6 Å². The fourth-order valence-electron chi connectivity index (χ4n) is 2.84. The molecule has 0 saturated carbocycles. The molecule has 6 heteroatoms. The molecule has 0 fully saturated rings. The van der Waals surface area contributed by atoms with Crippen LogP contribution in [0.3, 0.4) is 0 Å². The summed E-state index contributed by atoms with van der Waals surface area (Å²) in [6.45, 7) is 5.32. The number of hydrogen-bond acceptors (Lipinski definition) is 4. The Labute approximate surface area is 187 Å². The fraction of sp³-hybridized carbons (Fsp3) is 0.240. The van der Waals surface area contributed by atoms with Gasteiger partial charge in [-0.2, -0.15) is 0 Å². The molecule has 0 atom stereocenters. The lowest BCUT2D eigenvalue weighted by Crippen LogP contribution is -2.25. The summed E-state index contributed by atoms with van der Waals surface area (Å²) in [6.07, 6.45) is 4.15. The van der Waals surface area contributed by atoms with Crippen LogP contribution < -0.4 is 10.6 Å². The molecule has 3 aromatic rings. The van der Waals surface area contributed by atoms with Gasteiger partial charge in [-0.25, -0.2) is 4.98 Å². The molecule has 3 rings (SSSR count). The van der Waals surface area contributed by atoms with Gasteiger partial charge < -0.3 is 10.6 Å². The Hall–Kier alpha value is -3.25. The van der Waals surface area contributed by atoms with Gasteiger partial charge in [-0.15, -0.1) is 11.3 Å². The van der Waals surface area contributed by atoms with E-state index in [1.165, 1.54) is 6.08 Å². The number of thiazole rings is 1. The van der Waals surface area contributed by atoms with Gasteiger partial charge in [-0.1, -0.05) is 56.3 Å². The summed E-state index contributed by atoms with van der Waals surface area (Å²) in [5.41, 5.74) is 3.37. The van der Waals surface area contributed by atoms with Crippen molar-refractivity contribution in [2.24, 2.45) is 5.92 Å². The van der Waals surface area contributed by atoms with Crippen molar-refractivity contribution >= 4 is 29.2 Å². The minimum Gasteiger partial charge on any atom is -0.352 e. The maximum atomic E-state index is 12.1. The number of rotatable bonds is 9. The summed E-state index contributed by atoms with van der Waals surface area (Å²) < 4.78 is 0. The van der Waals surface area contributed by atoms with Gasteiger partial charge >= 0.3 is 0 Å². The Balaban J connectivity index is 1.46. The lowest BCUT2D eigenvalue weighted by molar-refractivity contribution is -0.116. The standard InChI is InChI=1S/C25H27N3O2S/c1-18(2)14-15-26-24(30)20-10-8-19(9-11-20)16-27-23(29)13-12-22-17-31-25(28-22)21-6-4-3-5-7-21/h3-13,17-18H,14-16H2,1-2H3,(H,26,30)(H,27,29). The van der Waals surface area contributed by atoms with Gasteiger partial charge in [0.25, 0.3) is 5.91 Å². The highest BCUT2D eigenvalue weighted by Crippen LogP contribution is 2.23. The quantitative estimate of drug-likeness (QED) is 0.471. The second kappa shape index (κ2) is 11.2. The second-order valence-corrected chi connectivity index (χ2v) is 8.49. The lowest BCUT2D eigenvalue weighted by Gasteiger charge is -2.08. The summed E-state index contributed by atoms with van der Waals surface area (Å²) >= 11 is 1.55. The molecule has 0 aliphatic heterocycles. The molecule has 0 unspecified atom stereocenters. The van der Waals surface area contributed by atoms with E-state index in [4.69, 9.17) is 0 Å². The Morgan fingerprint density at radius 2 is 1.77 bits per heavy atom. The number of hydrogen-bond donors (Lipinski definition) is 2. The third-order valence-corrected chi connectivity index (χ3v) is 5.55. The smallest absolute Gasteiger partial charge is 0.251 e. The second-order valence-electron chi connectivity index (χ2n) is 7.63. The maximum absolute atomic E-state index is 12.1. The van der Waals surface area contributed by atoms with Crippen molar-refractivity contribution in [1.82, 2.24) is 15.6 Å². The molecule has 2 aromatic carbocycles. The maximum Gasteiger partial charge on any atom is 0.251 e. The number of carbonyl (C=O) groups excluding carboxylic acids is 2. The zero-order valence-corrected chi connectivity index (χ0v) is 18.6. The van der Waals surface area contributed by atoms with Crippen molar-refractivity contribution in [3.05, 3.63) is 82.9 Å². The fourth-order valence-corrected chi connectivity index (χ4v) is 3.63. The minimum atomic E-state index is -0.190. The molecule has 0 radical (unpaired) electrons. The number of nitrogens with zero attached hydrogens (tertiary/aromatic N) is 1. The summed E-state index contributed by atoms with van der Waals surface area (Å²) in [5, 5.41) is 8.63. The van der Waals surface area contributed by atoms with Crippen molar-refractivity contribution in [2.75, 3.05) is 6.54 Å². The summed E-state index contributed by atoms with van der Waals surface area (Å²) in [7, 11) is 0. The first-order valence-electron chi connectivity index (χ1n) is 10.4. The Bertz CT molecular complexity index is 1020. The Kier molecular flexibility index (Phi) is 8.12. The van der Waals surface area contributed by atoms with Gasteiger partial charge in [0, 0.05) is 35.7 Å². The first kappa shape index (κ1) is 22.4. The van der Waals surface area contributed by atoms with Gasteiger partial charge in [0.15, 0.2) is 0 Å². The van der Waals surface area contributed by atoms with Gasteiger partial charge in [0.2, 0.25) is 5.91 Å². The largest absolute Gasteiger partial charge is 0.352 e. The molecule has 1 aromatic heterocycles. The Morgan fingerprint density at radius 1 is 1.03 bits per heavy atom. The highest BCUT2D eigenvalue weighted by Gasteiger charge is 2.06. The molecule has 160 valence electrons. The van der Waals surface area contributed by atoms with Gasteiger partial charge in [-0.05, 0) is 36.1 Å². The summed E-state index contributed by atoms with van der Waals surface area (Å²) in [4.78, 5) is 28.8. The molecule has 1 heterocycles. The minimum absolute atomic E-state index is 0.0719. The van der Waals surface area contributed by atoms with Gasteiger partial charge in [0.1, 0.15) is 5.01 Å². The monoisotopic (exact) mass is 433 g/mol. The predicted octanol–water partition coefficient (Wildman–Crippen LogP) is 4.92. The topological polar surface area (TPSA) is 71.1 Å². The van der Waals surface area contributed by atoms with Crippen LogP contribution in [0.1, 0.15) is 41.9 Å². The number of nitrogens with one attached hydrogen (secondary N) is 2. The van der Waals surface area contributed by atoms with Crippen LogP contribution in [0.5, 0.6) is 0 Å². The third kappa shape index (κ3) is 7.19. The molecule has 0 aliphatic rings. The SMILES string of the molecule is CC(C)CCNC(=O)c1ccc(CNC(=O)C=Cc2csc(-c3ccccc3)n2)cc1. The van der Waals surface area contributed by atoms with Crippen molar-refractivity contribution in [1.29, 1.82) is 0 Å². The van der Waals surface area contributed by atoms with Crippen molar-refractivity contribution in [2.45, 2.75) is 26.8 Å². The van der Waals surface area contributed by atoms with Crippen molar-refractivity contribution in [3.63, 3.8) is 0 Å². The molecule has 0 bridgehead atoms. The normalized spacial score (nSPS) is 11.1. The molecule has 0 saturated heterocycles. The van der Waals surface area contributed by atoms with Crippen LogP contribution in [-0.4, -0.2) is 23.3 Å². The zero-order chi connectivity index (χ0) is 22.1. The average molecular weight is 434 g/mol. The molecule has 31 heavy (non-hydrogen) atoms. The molecule has 0 aliphatic carbocycles. The number of carbonyl (C=O) groups is 2. The van der Waals surface area contributed by atoms with Crippen LogP contribution in [0, 0.1) is 5.92 Å². The van der Waals surface area contributed by atoms with Crippen LogP contribution in [0.15, 0.2) is 66.1 Å². The molecular weight excluding hydrogens is 406 g/mol. The van der Waals surface area contributed by atoms with E-state index >= 15 is 0 Å². The Morgan fingerprint density at radius 3 is 2.48 bits per heavy atom. The molecule has 0 spiro atoms. The van der Waals surface area contributed by atoms with Crippen LogP contribution in [0.4, 0.5) is 0 Å². The number of aromatic nitrogens is 1. The van der Waals surface area contributed by atoms with E-state index in [1.807, 2.05) is 47.8 Å². The van der Waals surface area contributed by atoms with E-state index in [2.05, 4.69) is 29.5 Å². The average Bonchev–Trinajstić information content (AvgIpc) is 3.26. The van der Waals surface area contributed by atoms with E-state index in [9.17, 15) is 9.59 Å². The number of benzene rings is 2.